The van der Waals surface area contributed by atoms with Gasteiger partial charge in [-0.3, -0.25) is 4.79 Å². The first-order chi connectivity index (χ1) is 11.0. The number of amides is 1. The van der Waals surface area contributed by atoms with Crippen LogP contribution in [0.3, 0.4) is 0 Å². The Morgan fingerprint density at radius 2 is 1.78 bits per heavy atom. The molecule has 0 saturated carbocycles. The van der Waals surface area contributed by atoms with Crippen molar-refractivity contribution in [2.75, 3.05) is 14.2 Å². The normalized spacial score (nSPS) is 11.7. The van der Waals surface area contributed by atoms with Crippen LogP contribution >= 0.6 is 0 Å². The quantitative estimate of drug-likeness (QED) is 0.889. The zero-order chi connectivity index (χ0) is 16.8. The van der Waals surface area contributed by atoms with Crippen molar-refractivity contribution in [3.05, 3.63) is 59.2 Å². The Balaban J connectivity index is 2.35. The van der Waals surface area contributed by atoms with Gasteiger partial charge in [0.1, 0.15) is 0 Å². The van der Waals surface area contributed by atoms with Crippen LogP contribution in [-0.2, 0) is 11.2 Å². The molecule has 0 aliphatic rings. The van der Waals surface area contributed by atoms with Gasteiger partial charge in [-0.25, -0.2) is 0 Å². The minimum Gasteiger partial charge on any atom is -0.493 e. The Kier molecular flexibility index (Phi) is 5.63. The minimum absolute atomic E-state index is 0.0571. The number of rotatable bonds is 6. The number of ether oxygens (including phenoxy) is 2. The largest absolute Gasteiger partial charge is 0.493 e. The fourth-order valence-corrected chi connectivity index (χ4v) is 2.63. The lowest BCUT2D eigenvalue weighted by atomic mass is 9.95. The van der Waals surface area contributed by atoms with Crippen LogP contribution in [-0.4, -0.2) is 20.1 Å². The van der Waals surface area contributed by atoms with Crippen molar-refractivity contribution >= 4 is 5.91 Å². The van der Waals surface area contributed by atoms with Gasteiger partial charge < -0.3 is 14.8 Å². The summed E-state index contributed by atoms with van der Waals surface area (Å²) in [5.41, 5.74) is 3.41. The van der Waals surface area contributed by atoms with E-state index >= 15 is 0 Å². The van der Waals surface area contributed by atoms with Gasteiger partial charge in [0.2, 0.25) is 5.91 Å². The highest BCUT2D eigenvalue weighted by Gasteiger charge is 2.17. The van der Waals surface area contributed by atoms with Gasteiger partial charge in [0.25, 0.3) is 0 Å². The molecular formula is C19H23NO3. The van der Waals surface area contributed by atoms with Gasteiger partial charge in [-0.05, 0) is 42.2 Å². The van der Waals surface area contributed by atoms with Crippen molar-refractivity contribution in [2.24, 2.45) is 0 Å². The topological polar surface area (TPSA) is 47.6 Å². The maximum Gasteiger partial charge on any atom is 0.217 e. The van der Waals surface area contributed by atoms with Gasteiger partial charge in [-0.2, -0.15) is 0 Å². The first kappa shape index (κ1) is 16.9. The monoisotopic (exact) mass is 313 g/mol. The molecule has 4 nitrogen and oxygen atoms in total. The average Bonchev–Trinajstić information content (AvgIpc) is 2.55. The maximum absolute atomic E-state index is 11.6. The van der Waals surface area contributed by atoms with Gasteiger partial charge in [-0.1, -0.05) is 30.3 Å². The summed E-state index contributed by atoms with van der Waals surface area (Å²) >= 11 is 0. The van der Waals surface area contributed by atoms with Crippen molar-refractivity contribution in [3.8, 4) is 11.5 Å². The van der Waals surface area contributed by atoms with Gasteiger partial charge in [-0.15, -0.1) is 0 Å². The number of benzene rings is 2. The average molecular weight is 313 g/mol. The highest BCUT2D eigenvalue weighted by molar-refractivity contribution is 5.73. The second kappa shape index (κ2) is 7.68. The standard InChI is InChI=1S/C19H23NO3/c1-13-7-5-6-8-15(13)11-17(20-14(2)21)16-9-10-18(22-3)19(12-16)23-4/h5-10,12,17H,11H2,1-4H3,(H,20,21)/t17-/m1/s1. The van der Waals surface area contributed by atoms with Crippen LogP contribution < -0.4 is 14.8 Å². The van der Waals surface area contributed by atoms with Crippen LogP contribution in [0.15, 0.2) is 42.5 Å². The Hall–Kier alpha value is -2.49. The number of nitrogens with one attached hydrogen (secondary N) is 1. The molecular weight excluding hydrogens is 290 g/mol. The van der Waals surface area contributed by atoms with E-state index in [1.165, 1.54) is 18.1 Å². The molecule has 2 aromatic rings. The van der Waals surface area contributed by atoms with E-state index in [9.17, 15) is 4.79 Å². The van der Waals surface area contributed by atoms with E-state index in [0.29, 0.717) is 11.5 Å². The minimum atomic E-state index is -0.117. The van der Waals surface area contributed by atoms with Gasteiger partial charge >= 0.3 is 0 Å². The number of aryl methyl sites for hydroxylation is 1. The second-order valence-electron chi connectivity index (χ2n) is 5.50. The molecule has 0 heterocycles. The van der Waals surface area contributed by atoms with E-state index in [4.69, 9.17) is 9.47 Å². The van der Waals surface area contributed by atoms with Crippen LogP contribution in [0.4, 0.5) is 0 Å². The zero-order valence-corrected chi connectivity index (χ0v) is 14.1. The summed E-state index contributed by atoms with van der Waals surface area (Å²) in [7, 11) is 3.21. The molecule has 4 heteroatoms. The molecule has 1 atom stereocenters. The summed E-state index contributed by atoms with van der Waals surface area (Å²) < 4.78 is 10.6. The molecule has 0 aliphatic carbocycles. The second-order valence-corrected chi connectivity index (χ2v) is 5.50. The molecule has 0 fully saturated rings. The fraction of sp³-hybridized carbons (Fsp3) is 0.316. The molecule has 0 radical (unpaired) electrons. The first-order valence-electron chi connectivity index (χ1n) is 7.58. The summed E-state index contributed by atoms with van der Waals surface area (Å²) in [5.74, 6) is 1.28. The smallest absolute Gasteiger partial charge is 0.217 e. The molecule has 0 unspecified atom stereocenters. The van der Waals surface area contributed by atoms with Crippen molar-refractivity contribution in [3.63, 3.8) is 0 Å². The SMILES string of the molecule is COc1ccc([C@@H](Cc2ccccc2C)NC(C)=O)cc1OC. The van der Waals surface area contributed by atoms with Gasteiger partial charge in [0.05, 0.1) is 20.3 Å². The lowest BCUT2D eigenvalue weighted by Crippen LogP contribution is -2.27. The lowest BCUT2D eigenvalue weighted by molar-refractivity contribution is -0.119. The maximum atomic E-state index is 11.6. The number of carbonyl (C=O) groups excluding carboxylic acids is 1. The molecule has 1 amide bonds. The molecule has 1 N–H and O–H groups in total. The van der Waals surface area contributed by atoms with Crippen molar-refractivity contribution < 1.29 is 14.3 Å². The lowest BCUT2D eigenvalue weighted by Gasteiger charge is -2.21. The van der Waals surface area contributed by atoms with E-state index < -0.39 is 0 Å². The Morgan fingerprint density at radius 3 is 2.39 bits per heavy atom. The highest BCUT2D eigenvalue weighted by Crippen LogP contribution is 2.31. The van der Waals surface area contributed by atoms with E-state index in [2.05, 4.69) is 24.4 Å². The summed E-state index contributed by atoms with van der Waals surface area (Å²) in [5, 5.41) is 3.03. The summed E-state index contributed by atoms with van der Waals surface area (Å²) in [6.45, 7) is 3.61. The summed E-state index contributed by atoms with van der Waals surface area (Å²) in [6.07, 6.45) is 0.724. The van der Waals surface area contributed by atoms with E-state index in [1.54, 1.807) is 14.2 Å². The molecule has 0 aromatic heterocycles. The third kappa shape index (κ3) is 4.25. The van der Waals surface area contributed by atoms with Crippen molar-refractivity contribution in [1.82, 2.24) is 5.32 Å². The summed E-state index contributed by atoms with van der Waals surface area (Å²) in [6, 6.07) is 13.8. The molecule has 0 saturated heterocycles. The third-order valence-corrected chi connectivity index (χ3v) is 3.87. The number of carbonyl (C=O) groups is 1. The number of methoxy groups -OCH3 is 2. The van der Waals surface area contributed by atoms with Crippen LogP contribution in [0, 0.1) is 6.92 Å². The van der Waals surface area contributed by atoms with Crippen LogP contribution in [0.1, 0.15) is 29.7 Å². The summed E-state index contributed by atoms with van der Waals surface area (Å²) in [4.78, 5) is 11.6. The van der Waals surface area contributed by atoms with E-state index in [1.807, 2.05) is 30.3 Å². The highest BCUT2D eigenvalue weighted by atomic mass is 16.5. The predicted molar refractivity (Wildman–Crippen MR) is 91.0 cm³/mol. The van der Waals surface area contributed by atoms with Crippen LogP contribution in [0.2, 0.25) is 0 Å². The third-order valence-electron chi connectivity index (χ3n) is 3.87. The molecule has 23 heavy (non-hydrogen) atoms. The Morgan fingerprint density at radius 1 is 1.09 bits per heavy atom. The fourth-order valence-electron chi connectivity index (χ4n) is 2.63. The molecule has 2 aromatic carbocycles. The van der Waals surface area contributed by atoms with Crippen LogP contribution in [0.25, 0.3) is 0 Å². The van der Waals surface area contributed by atoms with Crippen LogP contribution in [0.5, 0.6) is 11.5 Å². The van der Waals surface area contributed by atoms with E-state index in [0.717, 1.165) is 12.0 Å². The van der Waals surface area contributed by atoms with Crippen molar-refractivity contribution in [1.29, 1.82) is 0 Å². The molecule has 122 valence electrons. The number of hydrogen-bond acceptors (Lipinski definition) is 3. The van der Waals surface area contributed by atoms with Gasteiger partial charge in [0, 0.05) is 6.92 Å². The Bertz CT molecular complexity index is 682. The van der Waals surface area contributed by atoms with E-state index in [-0.39, 0.29) is 11.9 Å². The molecule has 2 rings (SSSR count). The number of hydrogen-bond donors (Lipinski definition) is 1. The molecule has 0 bridgehead atoms. The first-order valence-corrected chi connectivity index (χ1v) is 7.58. The van der Waals surface area contributed by atoms with Gasteiger partial charge in [0.15, 0.2) is 11.5 Å². The predicted octanol–water partition coefficient (Wildman–Crippen LogP) is 3.43. The molecule has 0 aliphatic heterocycles. The van der Waals surface area contributed by atoms with Crippen molar-refractivity contribution in [2.45, 2.75) is 26.3 Å². The zero-order valence-electron chi connectivity index (χ0n) is 14.1. The Labute approximate surface area is 137 Å². The molecule has 0 spiro atoms.